The van der Waals surface area contributed by atoms with Crippen molar-refractivity contribution in [3.63, 3.8) is 0 Å². The van der Waals surface area contributed by atoms with Gasteiger partial charge in [0.25, 0.3) is 0 Å². The topological polar surface area (TPSA) is 41.5 Å². The number of ether oxygens (including phenoxy) is 1. The van der Waals surface area contributed by atoms with Gasteiger partial charge in [-0.15, -0.1) is 0 Å². The summed E-state index contributed by atoms with van der Waals surface area (Å²) in [7, 11) is 0. The smallest absolute Gasteiger partial charge is 0.126 e. The molecule has 0 heterocycles. The summed E-state index contributed by atoms with van der Waals surface area (Å²) in [5.41, 5.74) is 0.372. The number of aliphatic hydroxyl groups excluding tert-OH is 1. The monoisotopic (exact) mass is 241 g/mol. The van der Waals surface area contributed by atoms with Gasteiger partial charge in [0.2, 0.25) is 0 Å². The number of nitrogens with one attached hydrogen (secondary N) is 1. The molecule has 4 heteroatoms. The minimum Gasteiger partial charge on any atom is -0.491 e. The van der Waals surface area contributed by atoms with Crippen LogP contribution in [0.1, 0.15) is 19.4 Å². The third kappa shape index (κ3) is 3.98. The van der Waals surface area contributed by atoms with Crippen LogP contribution in [0.25, 0.3) is 0 Å². The Bertz CT molecular complexity index is 370. The molecular weight excluding hydrogens is 221 g/mol. The summed E-state index contributed by atoms with van der Waals surface area (Å²) in [5.74, 6) is 0.197. The van der Waals surface area contributed by atoms with E-state index in [9.17, 15) is 9.50 Å². The fourth-order valence-electron chi connectivity index (χ4n) is 1.55. The minimum absolute atomic E-state index is 0.0325. The van der Waals surface area contributed by atoms with E-state index in [0.29, 0.717) is 12.4 Å². The van der Waals surface area contributed by atoms with E-state index in [1.807, 2.05) is 20.8 Å². The molecule has 96 valence electrons. The average molecular weight is 241 g/mol. The third-order valence-electron chi connectivity index (χ3n) is 2.65. The lowest BCUT2D eigenvalue weighted by Gasteiger charge is -2.28. The van der Waals surface area contributed by atoms with Gasteiger partial charge >= 0.3 is 0 Å². The second kappa shape index (κ2) is 5.98. The normalized spacial score (nSPS) is 14.4. The molecule has 0 aliphatic rings. The van der Waals surface area contributed by atoms with Crippen LogP contribution in [0.15, 0.2) is 18.2 Å². The van der Waals surface area contributed by atoms with Gasteiger partial charge in [-0.1, -0.05) is 13.0 Å². The Balaban J connectivity index is 2.68. The van der Waals surface area contributed by atoms with Gasteiger partial charge in [-0.25, -0.2) is 4.39 Å². The maximum absolute atomic E-state index is 13.1. The fraction of sp³-hybridized carbons (Fsp3) is 0.538. The van der Waals surface area contributed by atoms with Crippen molar-refractivity contribution in [2.24, 2.45) is 0 Å². The van der Waals surface area contributed by atoms with Gasteiger partial charge in [-0.05, 0) is 32.0 Å². The van der Waals surface area contributed by atoms with Crippen molar-refractivity contribution < 1.29 is 14.2 Å². The van der Waals surface area contributed by atoms with E-state index in [-0.39, 0.29) is 12.4 Å². The first-order valence-electron chi connectivity index (χ1n) is 5.75. The van der Waals surface area contributed by atoms with Gasteiger partial charge in [0.05, 0.1) is 12.1 Å². The molecule has 0 spiro atoms. The van der Waals surface area contributed by atoms with Crippen molar-refractivity contribution in [2.45, 2.75) is 26.3 Å². The molecule has 1 unspecified atom stereocenters. The highest BCUT2D eigenvalue weighted by Crippen LogP contribution is 2.20. The lowest BCUT2D eigenvalue weighted by Crippen LogP contribution is -2.50. The summed E-state index contributed by atoms with van der Waals surface area (Å²) in [6, 6.07) is 4.44. The second-order valence-corrected chi connectivity index (χ2v) is 4.45. The van der Waals surface area contributed by atoms with Gasteiger partial charge in [-0.3, -0.25) is 0 Å². The van der Waals surface area contributed by atoms with Gasteiger partial charge in [-0.2, -0.15) is 0 Å². The van der Waals surface area contributed by atoms with Crippen LogP contribution >= 0.6 is 0 Å². The molecule has 1 aromatic carbocycles. The van der Waals surface area contributed by atoms with Crippen LogP contribution in [0.5, 0.6) is 5.75 Å². The summed E-state index contributed by atoms with van der Waals surface area (Å²) in [6.07, 6.45) is 0. The van der Waals surface area contributed by atoms with E-state index >= 15 is 0 Å². The second-order valence-electron chi connectivity index (χ2n) is 4.45. The molecule has 0 bridgehead atoms. The van der Waals surface area contributed by atoms with E-state index in [0.717, 1.165) is 12.1 Å². The van der Waals surface area contributed by atoms with Gasteiger partial charge in [0.15, 0.2) is 0 Å². The maximum atomic E-state index is 13.1. The van der Waals surface area contributed by atoms with Crippen molar-refractivity contribution in [3.05, 3.63) is 29.6 Å². The molecule has 0 aliphatic carbocycles. The number of likely N-dealkylation sites (N-methyl/N-ethyl adjacent to an activating group) is 1. The zero-order chi connectivity index (χ0) is 12.9. The van der Waals surface area contributed by atoms with Gasteiger partial charge in [0, 0.05) is 6.07 Å². The average Bonchev–Trinajstić information content (AvgIpc) is 2.31. The predicted octanol–water partition coefficient (Wildman–Crippen LogP) is 1.87. The number of hydrogen-bond acceptors (Lipinski definition) is 3. The fourth-order valence-corrected chi connectivity index (χ4v) is 1.55. The quantitative estimate of drug-likeness (QED) is 0.799. The van der Waals surface area contributed by atoms with E-state index in [1.165, 1.54) is 12.1 Å². The number of hydrogen-bond donors (Lipinski definition) is 2. The Morgan fingerprint density at radius 2 is 2.18 bits per heavy atom. The SMILES string of the molecule is CCNC(C)(CO)COc1cc(F)ccc1C. The Morgan fingerprint density at radius 1 is 1.47 bits per heavy atom. The molecule has 0 aromatic heterocycles. The standard InChI is InChI=1S/C13H20FNO2/c1-4-15-13(3,8-16)9-17-12-7-11(14)6-5-10(12)2/h5-7,15-16H,4,8-9H2,1-3H3. The molecule has 0 radical (unpaired) electrons. The Hall–Kier alpha value is -1.13. The summed E-state index contributed by atoms with van der Waals surface area (Å²) >= 11 is 0. The zero-order valence-electron chi connectivity index (χ0n) is 10.6. The number of aryl methyl sites for hydroxylation is 1. The first kappa shape index (κ1) is 13.9. The molecule has 0 amide bonds. The zero-order valence-corrected chi connectivity index (χ0v) is 10.6. The highest BCUT2D eigenvalue weighted by molar-refractivity contribution is 5.32. The highest BCUT2D eigenvalue weighted by Gasteiger charge is 2.23. The van der Waals surface area contributed by atoms with Crippen molar-refractivity contribution in [1.29, 1.82) is 0 Å². The van der Waals surface area contributed by atoms with Crippen molar-refractivity contribution in [2.75, 3.05) is 19.8 Å². The van der Waals surface area contributed by atoms with E-state index in [4.69, 9.17) is 4.74 Å². The molecule has 2 N–H and O–H groups in total. The third-order valence-corrected chi connectivity index (χ3v) is 2.65. The molecule has 17 heavy (non-hydrogen) atoms. The lowest BCUT2D eigenvalue weighted by atomic mass is 10.1. The van der Waals surface area contributed by atoms with Gasteiger partial charge in [0.1, 0.15) is 18.2 Å². The molecule has 1 aromatic rings. The van der Waals surface area contributed by atoms with Crippen LogP contribution in [-0.4, -0.2) is 30.4 Å². The van der Waals surface area contributed by atoms with Crippen LogP contribution in [0.3, 0.4) is 0 Å². The van der Waals surface area contributed by atoms with E-state index < -0.39 is 5.54 Å². The summed E-state index contributed by atoms with van der Waals surface area (Å²) in [4.78, 5) is 0. The van der Waals surface area contributed by atoms with Crippen LogP contribution < -0.4 is 10.1 Å². The van der Waals surface area contributed by atoms with Crippen LogP contribution in [-0.2, 0) is 0 Å². The molecule has 0 fully saturated rings. The van der Waals surface area contributed by atoms with Crippen LogP contribution in [0, 0.1) is 12.7 Å². The molecule has 0 saturated carbocycles. The maximum Gasteiger partial charge on any atom is 0.126 e. The van der Waals surface area contributed by atoms with E-state index in [2.05, 4.69) is 5.32 Å². The van der Waals surface area contributed by atoms with Gasteiger partial charge < -0.3 is 15.2 Å². The molecule has 0 aliphatic heterocycles. The molecule has 1 rings (SSSR count). The first-order chi connectivity index (χ1) is 8.00. The van der Waals surface area contributed by atoms with Crippen LogP contribution in [0.4, 0.5) is 4.39 Å². The number of halogens is 1. The van der Waals surface area contributed by atoms with Crippen molar-refractivity contribution in [3.8, 4) is 5.75 Å². The number of aliphatic hydroxyl groups is 1. The number of rotatable bonds is 6. The predicted molar refractivity (Wildman–Crippen MR) is 65.8 cm³/mol. The number of benzene rings is 1. The first-order valence-corrected chi connectivity index (χ1v) is 5.75. The minimum atomic E-state index is -0.506. The summed E-state index contributed by atoms with van der Waals surface area (Å²) < 4.78 is 18.6. The largest absolute Gasteiger partial charge is 0.491 e. The molecule has 1 atom stereocenters. The highest BCUT2D eigenvalue weighted by atomic mass is 19.1. The molecule has 0 saturated heterocycles. The summed E-state index contributed by atoms with van der Waals surface area (Å²) in [6.45, 7) is 6.68. The van der Waals surface area contributed by atoms with Crippen molar-refractivity contribution >= 4 is 0 Å². The lowest BCUT2D eigenvalue weighted by molar-refractivity contribution is 0.117. The van der Waals surface area contributed by atoms with Crippen molar-refractivity contribution in [1.82, 2.24) is 5.32 Å². The van der Waals surface area contributed by atoms with Crippen LogP contribution in [0.2, 0.25) is 0 Å². The summed E-state index contributed by atoms with van der Waals surface area (Å²) in [5, 5.41) is 12.4. The molecular formula is C13H20FNO2. The van der Waals surface area contributed by atoms with E-state index in [1.54, 1.807) is 6.07 Å². The molecule has 3 nitrogen and oxygen atoms in total. The Morgan fingerprint density at radius 3 is 2.76 bits per heavy atom. The Labute approximate surface area is 102 Å². The Kier molecular flexibility index (Phi) is 4.90.